The lowest BCUT2D eigenvalue weighted by molar-refractivity contribution is 0.994. The Balaban J connectivity index is 2.34. The fourth-order valence-electron chi connectivity index (χ4n) is 1.65. The first kappa shape index (κ1) is 14.4. The number of nitrogens with zero attached hydrogens (tertiary/aromatic N) is 1. The van der Waals surface area contributed by atoms with Crippen molar-refractivity contribution in [3.63, 3.8) is 0 Å². The number of para-hydroxylation sites is 1. The Kier molecular flexibility index (Phi) is 4.87. The first-order chi connectivity index (χ1) is 9.11. The van der Waals surface area contributed by atoms with Crippen molar-refractivity contribution in [2.24, 2.45) is 0 Å². The van der Waals surface area contributed by atoms with Gasteiger partial charge in [-0.25, -0.2) is 0 Å². The Bertz CT molecular complexity index is 638. The minimum Gasteiger partial charge on any atom is -0.365 e. The molecule has 1 unspecified atom stereocenters. The van der Waals surface area contributed by atoms with E-state index in [0.29, 0.717) is 5.02 Å². The van der Waals surface area contributed by atoms with Crippen molar-refractivity contribution in [1.29, 1.82) is 5.26 Å². The number of anilines is 1. The van der Waals surface area contributed by atoms with E-state index in [-0.39, 0.29) is 0 Å². The maximum Gasteiger partial charge on any atom is 0.141 e. The molecule has 2 aromatic rings. The van der Waals surface area contributed by atoms with Gasteiger partial charge in [-0.15, -0.1) is 0 Å². The molecule has 0 aromatic heterocycles. The molecule has 2 rings (SSSR count). The molecule has 0 aliphatic carbocycles. The van der Waals surface area contributed by atoms with Crippen LogP contribution in [0.2, 0.25) is 5.02 Å². The lowest BCUT2D eigenvalue weighted by atomic mass is 10.1. The van der Waals surface area contributed by atoms with E-state index in [2.05, 4.69) is 43.2 Å². The molecule has 0 aliphatic heterocycles. The molecule has 0 saturated heterocycles. The predicted molar refractivity (Wildman–Crippen MR) is 85.3 cm³/mol. The Morgan fingerprint density at radius 3 is 2.58 bits per heavy atom. The van der Waals surface area contributed by atoms with Gasteiger partial charge in [0.15, 0.2) is 0 Å². The summed E-state index contributed by atoms with van der Waals surface area (Å²) in [5, 5.41) is 13.1. The molecule has 5 heteroatoms. The summed E-state index contributed by atoms with van der Waals surface area (Å²) in [7, 11) is 0. The first-order valence-electron chi connectivity index (χ1n) is 5.47. The molecule has 0 heterocycles. The molecule has 0 saturated carbocycles. The standard InChI is InChI=1S/C14H9Br2ClN2/c15-9-5-6-12(17)10(7-9)14(8-18)19-13-4-2-1-3-11(13)16/h1-7,14,19H. The third kappa shape index (κ3) is 3.50. The quantitative estimate of drug-likeness (QED) is 0.734. The second-order valence-corrected chi connectivity index (χ2v) is 6.03. The van der Waals surface area contributed by atoms with Gasteiger partial charge in [0.25, 0.3) is 0 Å². The second-order valence-electron chi connectivity index (χ2n) is 3.85. The summed E-state index contributed by atoms with van der Waals surface area (Å²) in [5.74, 6) is 0. The Hall–Kier alpha value is -1.02. The molecule has 0 fully saturated rings. The molecule has 96 valence electrons. The van der Waals surface area contributed by atoms with Crippen molar-refractivity contribution < 1.29 is 0 Å². The average molecular weight is 401 g/mol. The van der Waals surface area contributed by atoms with Crippen LogP contribution >= 0.6 is 43.5 Å². The summed E-state index contributed by atoms with van der Waals surface area (Å²) >= 11 is 13.0. The largest absolute Gasteiger partial charge is 0.365 e. The van der Waals surface area contributed by atoms with Crippen molar-refractivity contribution in [2.75, 3.05) is 5.32 Å². The van der Waals surface area contributed by atoms with Crippen LogP contribution in [0.5, 0.6) is 0 Å². The molecule has 0 radical (unpaired) electrons. The van der Waals surface area contributed by atoms with E-state index in [1.165, 1.54) is 0 Å². The molecule has 0 spiro atoms. The van der Waals surface area contributed by atoms with Gasteiger partial charge in [0.2, 0.25) is 0 Å². The number of benzene rings is 2. The third-order valence-electron chi connectivity index (χ3n) is 2.57. The maximum absolute atomic E-state index is 9.35. The van der Waals surface area contributed by atoms with E-state index >= 15 is 0 Å². The van der Waals surface area contributed by atoms with Crippen molar-refractivity contribution in [3.05, 3.63) is 62.0 Å². The molecule has 19 heavy (non-hydrogen) atoms. The van der Waals surface area contributed by atoms with E-state index in [9.17, 15) is 5.26 Å². The lowest BCUT2D eigenvalue weighted by Crippen LogP contribution is -2.09. The van der Waals surface area contributed by atoms with Crippen molar-refractivity contribution in [2.45, 2.75) is 6.04 Å². The van der Waals surface area contributed by atoms with E-state index in [0.717, 1.165) is 20.2 Å². The van der Waals surface area contributed by atoms with E-state index < -0.39 is 6.04 Å². The van der Waals surface area contributed by atoms with Crippen molar-refractivity contribution in [1.82, 2.24) is 0 Å². The Labute approximate surface area is 133 Å². The van der Waals surface area contributed by atoms with Gasteiger partial charge in [-0.1, -0.05) is 39.7 Å². The Morgan fingerprint density at radius 2 is 1.89 bits per heavy atom. The van der Waals surface area contributed by atoms with Gasteiger partial charge >= 0.3 is 0 Å². The van der Waals surface area contributed by atoms with Gasteiger partial charge in [0.05, 0.1) is 6.07 Å². The van der Waals surface area contributed by atoms with E-state index in [1.807, 2.05) is 36.4 Å². The molecular formula is C14H9Br2ClN2. The normalized spacial score (nSPS) is 11.7. The topological polar surface area (TPSA) is 35.8 Å². The number of hydrogen-bond acceptors (Lipinski definition) is 2. The summed E-state index contributed by atoms with van der Waals surface area (Å²) in [5.41, 5.74) is 1.60. The number of nitriles is 1. The van der Waals surface area contributed by atoms with Crippen LogP contribution in [0.25, 0.3) is 0 Å². The molecule has 0 aliphatic rings. The minimum absolute atomic E-state index is 0.510. The molecule has 0 amide bonds. The highest BCUT2D eigenvalue weighted by molar-refractivity contribution is 9.10. The van der Waals surface area contributed by atoms with Crippen LogP contribution in [-0.2, 0) is 0 Å². The zero-order valence-corrected chi connectivity index (χ0v) is 13.6. The van der Waals surface area contributed by atoms with Gasteiger partial charge in [0.1, 0.15) is 6.04 Å². The highest BCUT2D eigenvalue weighted by Crippen LogP contribution is 2.31. The highest BCUT2D eigenvalue weighted by atomic mass is 79.9. The summed E-state index contributed by atoms with van der Waals surface area (Å²) in [4.78, 5) is 0. The third-order valence-corrected chi connectivity index (χ3v) is 4.10. The van der Waals surface area contributed by atoms with Crippen molar-refractivity contribution in [3.8, 4) is 6.07 Å². The van der Waals surface area contributed by atoms with E-state index in [1.54, 1.807) is 6.07 Å². The molecular weight excluding hydrogens is 391 g/mol. The van der Waals surface area contributed by atoms with Crippen LogP contribution in [0.4, 0.5) is 5.69 Å². The fourth-order valence-corrected chi connectivity index (χ4v) is 2.65. The molecule has 1 atom stereocenters. The summed E-state index contributed by atoms with van der Waals surface area (Å²) in [6, 6.07) is 14.8. The summed E-state index contributed by atoms with van der Waals surface area (Å²) in [6.45, 7) is 0. The van der Waals surface area contributed by atoms with Gasteiger partial charge in [-0.3, -0.25) is 0 Å². The first-order valence-corrected chi connectivity index (χ1v) is 7.44. The van der Waals surface area contributed by atoms with Crippen molar-refractivity contribution >= 4 is 49.1 Å². The van der Waals surface area contributed by atoms with Crippen LogP contribution < -0.4 is 5.32 Å². The van der Waals surface area contributed by atoms with Gasteiger partial charge in [-0.2, -0.15) is 5.26 Å². The number of nitrogens with one attached hydrogen (secondary N) is 1. The monoisotopic (exact) mass is 398 g/mol. The van der Waals surface area contributed by atoms with Crippen LogP contribution in [0.1, 0.15) is 11.6 Å². The SMILES string of the molecule is N#CC(Nc1ccccc1Br)c1cc(Br)ccc1Cl. The summed E-state index contributed by atoms with van der Waals surface area (Å²) in [6.07, 6.45) is 0. The smallest absolute Gasteiger partial charge is 0.141 e. The van der Waals surface area contributed by atoms with Crippen LogP contribution in [0.15, 0.2) is 51.4 Å². The molecule has 0 bridgehead atoms. The number of rotatable bonds is 3. The van der Waals surface area contributed by atoms with Gasteiger partial charge < -0.3 is 5.32 Å². The fraction of sp³-hybridized carbons (Fsp3) is 0.0714. The average Bonchev–Trinajstić information content (AvgIpc) is 2.41. The molecule has 2 aromatic carbocycles. The highest BCUT2D eigenvalue weighted by Gasteiger charge is 2.15. The van der Waals surface area contributed by atoms with Gasteiger partial charge in [-0.05, 0) is 46.3 Å². The molecule has 2 nitrogen and oxygen atoms in total. The predicted octanol–water partition coefficient (Wildman–Crippen LogP) is 5.54. The van der Waals surface area contributed by atoms with Crippen LogP contribution in [0.3, 0.4) is 0 Å². The van der Waals surface area contributed by atoms with Crippen LogP contribution in [-0.4, -0.2) is 0 Å². The zero-order chi connectivity index (χ0) is 13.8. The zero-order valence-electron chi connectivity index (χ0n) is 9.70. The minimum atomic E-state index is -0.510. The lowest BCUT2D eigenvalue weighted by Gasteiger charge is -2.16. The molecule has 1 N–H and O–H groups in total. The van der Waals surface area contributed by atoms with Gasteiger partial charge in [0, 0.05) is 25.2 Å². The Morgan fingerprint density at radius 1 is 1.16 bits per heavy atom. The maximum atomic E-state index is 9.35. The van der Waals surface area contributed by atoms with E-state index in [4.69, 9.17) is 11.6 Å². The second kappa shape index (κ2) is 6.42. The number of hydrogen-bond donors (Lipinski definition) is 1. The summed E-state index contributed by atoms with van der Waals surface area (Å²) < 4.78 is 1.79. The number of halogens is 3. The van der Waals surface area contributed by atoms with Crippen LogP contribution in [0, 0.1) is 11.3 Å².